The molecule has 0 aliphatic heterocycles. The molecule has 0 bridgehead atoms. The number of unbranched alkanes of at least 4 members (excludes halogenated alkanes) is 8. The molecule has 0 saturated heterocycles. The molecule has 186 valence electrons. The Bertz CT molecular complexity index is 837. The van der Waals surface area contributed by atoms with Crippen molar-refractivity contribution >= 4 is 11.8 Å². The van der Waals surface area contributed by atoms with Crippen LogP contribution in [-0.2, 0) is 9.59 Å². The highest BCUT2D eigenvalue weighted by molar-refractivity contribution is 5.79. The second kappa shape index (κ2) is 16.4. The summed E-state index contributed by atoms with van der Waals surface area (Å²) in [7, 11) is 0. The second-order valence-electron chi connectivity index (χ2n) is 8.31. The molecule has 2 amide bonds. The van der Waals surface area contributed by atoms with E-state index in [1.807, 2.05) is 0 Å². The lowest BCUT2D eigenvalue weighted by molar-refractivity contribution is -0.124. The van der Waals surface area contributed by atoms with Gasteiger partial charge in [-0.15, -0.1) is 0 Å². The Morgan fingerprint density at radius 2 is 1.21 bits per heavy atom. The summed E-state index contributed by atoms with van der Waals surface area (Å²) in [5, 5.41) is 14.6. The molecule has 7 heteroatoms. The van der Waals surface area contributed by atoms with E-state index in [0.29, 0.717) is 23.7 Å². The van der Waals surface area contributed by atoms with Crippen LogP contribution in [0, 0.1) is 0 Å². The maximum Gasteiger partial charge on any atom is 0.259 e. The van der Waals surface area contributed by atoms with Gasteiger partial charge in [0, 0.05) is 6.42 Å². The van der Waals surface area contributed by atoms with Crippen LogP contribution in [0.4, 0.5) is 0 Å². The molecule has 0 unspecified atom stereocenters. The normalized spacial score (nSPS) is 10.5. The molecular weight excluding hydrogens is 432 g/mol. The summed E-state index contributed by atoms with van der Waals surface area (Å²) in [5.74, 6) is 1.55. The third-order valence-corrected chi connectivity index (χ3v) is 5.34. The molecular formula is C27H38N2O5. The van der Waals surface area contributed by atoms with Gasteiger partial charge in [0.15, 0.2) is 6.61 Å². The molecule has 0 aliphatic rings. The minimum Gasteiger partial charge on any atom is -0.508 e. The molecule has 2 aromatic carbocycles. The van der Waals surface area contributed by atoms with Crippen molar-refractivity contribution in [2.75, 3.05) is 13.3 Å². The van der Waals surface area contributed by atoms with E-state index in [4.69, 9.17) is 9.47 Å². The lowest BCUT2D eigenvalue weighted by atomic mass is 10.1. The standard InChI is InChI=1S/C27H38N2O5/c1-2-3-4-5-6-7-8-9-10-11-26(31)28-21-29-27(32)20-33-23-16-18-25(19-17-23)34-24-14-12-22(30)13-15-24/h12-19,30H,2-11,20-21H2,1H3,(H,28,31)(H,29,32). The molecule has 3 N–H and O–H groups in total. The van der Waals surface area contributed by atoms with Gasteiger partial charge in [-0.3, -0.25) is 9.59 Å². The number of nitrogens with one attached hydrogen (secondary N) is 2. The van der Waals surface area contributed by atoms with E-state index in [9.17, 15) is 14.7 Å². The van der Waals surface area contributed by atoms with Gasteiger partial charge in [0.25, 0.3) is 5.91 Å². The summed E-state index contributed by atoms with van der Waals surface area (Å²) in [6, 6.07) is 13.3. The molecule has 0 fully saturated rings. The Hall–Kier alpha value is -3.22. The highest BCUT2D eigenvalue weighted by Crippen LogP contribution is 2.25. The molecule has 0 aromatic heterocycles. The van der Waals surface area contributed by atoms with Crippen LogP contribution in [-0.4, -0.2) is 30.2 Å². The van der Waals surface area contributed by atoms with Crippen LogP contribution in [0.2, 0.25) is 0 Å². The molecule has 2 aromatic rings. The second-order valence-corrected chi connectivity index (χ2v) is 8.31. The number of aromatic hydroxyl groups is 1. The van der Waals surface area contributed by atoms with Crippen LogP contribution in [0.25, 0.3) is 0 Å². The SMILES string of the molecule is CCCCCCCCCCCC(=O)NCNC(=O)COc1ccc(Oc2ccc(O)cc2)cc1. The van der Waals surface area contributed by atoms with Crippen molar-refractivity contribution in [3.05, 3.63) is 48.5 Å². The molecule has 34 heavy (non-hydrogen) atoms. The number of phenols is 1. The maximum absolute atomic E-state index is 11.9. The van der Waals surface area contributed by atoms with Crippen LogP contribution in [0.3, 0.4) is 0 Å². The number of benzene rings is 2. The van der Waals surface area contributed by atoms with Crippen molar-refractivity contribution < 1.29 is 24.2 Å². The topological polar surface area (TPSA) is 96.9 Å². The van der Waals surface area contributed by atoms with Crippen LogP contribution in [0.1, 0.15) is 71.1 Å². The largest absolute Gasteiger partial charge is 0.508 e. The van der Waals surface area contributed by atoms with E-state index in [1.54, 1.807) is 48.5 Å². The Morgan fingerprint density at radius 1 is 0.706 bits per heavy atom. The van der Waals surface area contributed by atoms with Gasteiger partial charge in [-0.2, -0.15) is 0 Å². The fraction of sp³-hybridized carbons (Fsp3) is 0.481. The first kappa shape index (κ1) is 27.0. The van der Waals surface area contributed by atoms with Gasteiger partial charge in [-0.25, -0.2) is 0 Å². The number of carbonyl (C=O) groups excluding carboxylic acids is 2. The van der Waals surface area contributed by atoms with Crippen molar-refractivity contribution in [1.82, 2.24) is 10.6 Å². The molecule has 2 rings (SSSR count). The third kappa shape index (κ3) is 12.1. The fourth-order valence-electron chi connectivity index (χ4n) is 3.38. The van der Waals surface area contributed by atoms with E-state index in [-0.39, 0.29) is 30.8 Å². The zero-order chi connectivity index (χ0) is 24.4. The number of amides is 2. The van der Waals surface area contributed by atoms with E-state index in [2.05, 4.69) is 17.6 Å². The predicted molar refractivity (Wildman–Crippen MR) is 133 cm³/mol. The quantitative estimate of drug-likeness (QED) is 0.204. The fourth-order valence-corrected chi connectivity index (χ4v) is 3.38. The van der Waals surface area contributed by atoms with Gasteiger partial charge < -0.3 is 25.2 Å². The third-order valence-electron chi connectivity index (χ3n) is 5.34. The molecule has 7 nitrogen and oxygen atoms in total. The number of hydrogen-bond donors (Lipinski definition) is 3. The zero-order valence-corrected chi connectivity index (χ0v) is 20.2. The molecule has 0 spiro atoms. The van der Waals surface area contributed by atoms with Crippen molar-refractivity contribution in [1.29, 1.82) is 0 Å². The summed E-state index contributed by atoms with van der Waals surface area (Å²) in [5.41, 5.74) is 0. The number of phenolic OH excluding ortho intramolecular Hbond substituents is 1. The summed E-state index contributed by atoms with van der Waals surface area (Å²) in [6.45, 7) is 2.17. The lowest BCUT2D eigenvalue weighted by Gasteiger charge is -2.10. The van der Waals surface area contributed by atoms with Crippen molar-refractivity contribution in [2.45, 2.75) is 71.1 Å². The Labute approximate surface area is 202 Å². The molecule has 0 atom stereocenters. The lowest BCUT2D eigenvalue weighted by Crippen LogP contribution is -2.39. The van der Waals surface area contributed by atoms with E-state index >= 15 is 0 Å². The number of ether oxygens (including phenoxy) is 2. The van der Waals surface area contributed by atoms with Gasteiger partial charge in [0.1, 0.15) is 23.0 Å². The Morgan fingerprint density at radius 3 is 1.82 bits per heavy atom. The van der Waals surface area contributed by atoms with Crippen molar-refractivity contribution in [3.63, 3.8) is 0 Å². The van der Waals surface area contributed by atoms with Crippen molar-refractivity contribution in [2.24, 2.45) is 0 Å². The van der Waals surface area contributed by atoms with Gasteiger partial charge in [0.2, 0.25) is 5.91 Å². The van der Waals surface area contributed by atoms with Gasteiger partial charge in [0.05, 0.1) is 6.67 Å². The molecule has 0 aliphatic carbocycles. The summed E-state index contributed by atoms with van der Waals surface area (Å²) in [6.07, 6.45) is 11.4. The number of hydrogen-bond acceptors (Lipinski definition) is 5. The summed E-state index contributed by atoms with van der Waals surface area (Å²) < 4.78 is 11.1. The number of carbonyl (C=O) groups is 2. The van der Waals surface area contributed by atoms with Crippen molar-refractivity contribution in [3.8, 4) is 23.0 Å². The molecule has 0 heterocycles. The van der Waals surface area contributed by atoms with Gasteiger partial charge in [-0.05, 0) is 55.0 Å². The Kier molecular flexibility index (Phi) is 13.0. The average molecular weight is 471 g/mol. The minimum absolute atomic E-state index is 0.0478. The minimum atomic E-state index is -0.312. The first-order chi connectivity index (χ1) is 16.6. The van der Waals surface area contributed by atoms with Crippen LogP contribution >= 0.6 is 0 Å². The first-order valence-corrected chi connectivity index (χ1v) is 12.3. The summed E-state index contributed by atoms with van der Waals surface area (Å²) >= 11 is 0. The average Bonchev–Trinajstić information content (AvgIpc) is 2.84. The highest BCUT2D eigenvalue weighted by atomic mass is 16.5. The molecule has 0 saturated carbocycles. The first-order valence-electron chi connectivity index (χ1n) is 12.3. The molecule has 0 radical (unpaired) electrons. The zero-order valence-electron chi connectivity index (χ0n) is 20.2. The highest BCUT2D eigenvalue weighted by Gasteiger charge is 2.05. The van der Waals surface area contributed by atoms with Gasteiger partial charge in [-0.1, -0.05) is 58.3 Å². The Balaban J connectivity index is 1.50. The summed E-state index contributed by atoms with van der Waals surface area (Å²) in [4.78, 5) is 23.8. The van der Waals surface area contributed by atoms with Gasteiger partial charge >= 0.3 is 0 Å². The van der Waals surface area contributed by atoms with Crippen LogP contribution in [0.5, 0.6) is 23.0 Å². The maximum atomic E-state index is 11.9. The van der Waals surface area contributed by atoms with E-state index < -0.39 is 0 Å². The smallest absolute Gasteiger partial charge is 0.259 e. The van der Waals surface area contributed by atoms with E-state index in [0.717, 1.165) is 12.8 Å². The number of rotatable bonds is 17. The predicted octanol–water partition coefficient (Wildman–Crippen LogP) is 5.67. The van der Waals surface area contributed by atoms with Crippen LogP contribution in [0.15, 0.2) is 48.5 Å². The monoisotopic (exact) mass is 470 g/mol. The van der Waals surface area contributed by atoms with E-state index in [1.165, 1.54) is 44.9 Å². The van der Waals surface area contributed by atoms with Crippen LogP contribution < -0.4 is 20.1 Å².